The summed E-state index contributed by atoms with van der Waals surface area (Å²) in [5.41, 5.74) is 1.22. The molecule has 1 heterocycles. The topological polar surface area (TPSA) is 12.9 Å². The van der Waals surface area contributed by atoms with Crippen molar-refractivity contribution in [2.45, 2.75) is 47.0 Å². The first-order valence-electron chi connectivity index (χ1n) is 5.69. The Balaban J connectivity index is 0.000000791. The third-order valence-corrected chi connectivity index (χ3v) is 1.94. The Morgan fingerprint density at radius 1 is 1.21 bits per heavy atom. The quantitative estimate of drug-likeness (QED) is 0.702. The van der Waals surface area contributed by atoms with E-state index < -0.39 is 0 Å². The van der Waals surface area contributed by atoms with Crippen LogP contribution in [-0.4, -0.2) is 4.98 Å². The zero-order chi connectivity index (χ0) is 10.8. The fourth-order valence-electron chi connectivity index (χ4n) is 1.24. The second-order valence-corrected chi connectivity index (χ2v) is 3.61. The molecule has 0 saturated heterocycles. The summed E-state index contributed by atoms with van der Waals surface area (Å²) in [7, 11) is 0. The van der Waals surface area contributed by atoms with Crippen molar-refractivity contribution in [2.24, 2.45) is 5.92 Å². The van der Waals surface area contributed by atoms with Crippen molar-refractivity contribution >= 4 is 0 Å². The highest BCUT2D eigenvalue weighted by Gasteiger charge is 1.95. The molecule has 0 N–H and O–H groups in total. The van der Waals surface area contributed by atoms with Gasteiger partial charge in [0.05, 0.1) is 0 Å². The molecule has 80 valence electrons. The first-order valence-corrected chi connectivity index (χ1v) is 5.69. The Morgan fingerprint density at radius 3 is 2.43 bits per heavy atom. The summed E-state index contributed by atoms with van der Waals surface area (Å²) >= 11 is 0. The summed E-state index contributed by atoms with van der Waals surface area (Å²) in [6.45, 7) is 8.52. The van der Waals surface area contributed by atoms with Crippen LogP contribution >= 0.6 is 0 Å². The smallest absolute Gasteiger partial charge is 0.0403 e. The van der Waals surface area contributed by atoms with Crippen LogP contribution in [0.3, 0.4) is 0 Å². The highest BCUT2D eigenvalue weighted by molar-refractivity contribution is 5.03. The van der Waals surface area contributed by atoms with E-state index in [0.29, 0.717) is 0 Å². The first-order chi connectivity index (χ1) is 6.79. The predicted molar refractivity (Wildman–Crippen MR) is 63.4 cm³/mol. The van der Waals surface area contributed by atoms with Gasteiger partial charge in [-0.3, -0.25) is 4.98 Å². The summed E-state index contributed by atoms with van der Waals surface area (Å²) in [5.74, 6) is 0.814. The molecule has 0 fully saturated rings. The lowest BCUT2D eigenvalue weighted by Gasteiger charge is -2.02. The Hall–Kier alpha value is -0.850. The highest BCUT2D eigenvalue weighted by atomic mass is 14.7. The first kappa shape index (κ1) is 13.2. The number of hydrogen-bond donors (Lipinski definition) is 0. The molecule has 0 spiro atoms. The zero-order valence-electron chi connectivity index (χ0n) is 9.96. The molecule has 0 saturated carbocycles. The number of hydrogen-bond acceptors (Lipinski definition) is 1. The SMILES string of the molecule is CC.CC(C)CCCc1ccccn1. The van der Waals surface area contributed by atoms with E-state index >= 15 is 0 Å². The Morgan fingerprint density at radius 2 is 1.93 bits per heavy atom. The summed E-state index contributed by atoms with van der Waals surface area (Å²) in [6, 6.07) is 6.12. The molecule has 0 atom stereocenters. The molecule has 0 radical (unpaired) electrons. The summed E-state index contributed by atoms with van der Waals surface area (Å²) in [4.78, 5) is 4.28. The molecule has 14 heavy (non-hydrogen) atoms. The number of nitrogens with zero attached hydrogens (tertiary/aromatic N) is 1. The number of pyridine rings is 1. The maximum atomic E-state index is 4.28. The lowest BCUT2D eigenvalue weighted by molar-refractivity contribution is 0.553. The van der Waals surface area contributed by atoms with Gasteiger partial charge in [-0.25, -0.2) is 0 Å². The van der Waals surface area contributed by atoms with Gasteiger partial charge in [0.25, 0.3) is 0 Å². The molecule has 1 nitrogen and oxygen atoms in total. The molecule has 0 amide bonds. The van der Waals surface area contributed by atoms with Crippen molar-refractivity contribution in [3.05, 3.63) is 30.1 Å². The average Bonchev–Trinajstić information content (AvgIpc) is 2.22. The highest BCUT2D eigenvalue weighted by Crippen LogP contribution is 2.07. The van der Waals surface area contributed by atoms with E-state index in [1.807, 2.05) is 26.1 Å². The number of rotatable bonds is 4. The molecule has 0 aliphatic carbocycles. The maximum absolute atomic E-state index is 4.28. The van der Waals surface area contributed by atoms with E-state index in [-0.39, 0.29) is 0 Å². The normalized spacial score (nSPS) is 9.50. The van der Waals surface area contributed by atoms with Gasteiger partial charge in [0, 0.05) is 11.9 Å². The van der Waals surface area contributed by atoms with E-state index in [2.05, 4.69) is 31.0 Å². The van der Waals surface area contributed by atoms with E-state index in [9.17, 15) is 0 Å². The van der Waals surface area contributed by atoms with Crippen molar-refractivity contribution in [1.82, 2.24) is 4.98 Å². The molecule has 0 bridgehead atoms. The van der Waals surface area contributed by atoms with Gasteiger partial charge in [-0.15, -0.1) is 0 Å². The lowest BCUT2D eigenvalue weighted by Crippen LogP contribution is -1.92. The molecule has 0 unspecified atom stereocenters. The van der Waals surface area contributed by atoms with Crippen LogP contribution < -0.4 is 0 Å². The van der Waals surface area contributed by atoms with Crippen LogP contribution in [-0.2, 0) is 6.42 Å². The van der Waals surface area contributed by atoms with Crippen molar-refractivity contribution in [3.8, 4) is 0 Å². The zero-order valence-corrected chi connectivity index (χ0v) is 9.96. The van der Waals surface area contributed by atoms with E-state index in [1.54, 1.807) is 0 Å². The van der Waals surface area contributed by atoms with Gasteiger partial charge in [0.1, 0.15) is 0 Å². The van der Waals surface area contributed by atoms with Gasteiger partial charge in [0.15, 0.2) is 0 Å². The fraction of sp³-hybridized carbons (Fsp3) is 0.615. The van der Waals surface area contributed by atoms with Gasteiger partial charge in [-0.1, -0.05) is 40.2 Å². The van der Waals surface area contributed by atoms with Crippen LogP contribution in [0.5, 0.6) is 0 Å². The largest absolute Gasteiger partial charge is 0.261 e. The molecular formula is C13H23N. The second kappa shape index (κ2) is 8.74. The van der Waals surface area contributed by atoms with Gasteiger partial charge in [-0.05, 0) is 30.9 Å². The molecule has 1 aromatic rings. The molecule has 1 heteroatoms. The molecule has 0 aliphatic heterocycles. The van der Waals surface area contributed by atoms with Gasteiger partial charge < -0.3 is 0 Å². The maximum Gasteiger partial charge on any atom is 0.0403 e. The van der Waals surface area contributed by atoms with E-state index in [0.717, 1.165) is 12.3 Å². The standard InChI is InChI=1S/C11H17N.C2H6/c1-10(2)6-5-8-11-7-3-4-9-12-11;1-2/h3-4,7,9-10H,5-6,8H2,1-2H3;1-2H3. The van der Waals surface area contributed by atoms with Crippen LogP contribution in [0.25, 0.3) is 0 Å². The summed E-state index contributed by atoms with van der Waals surface area (Å²) < 4.78 is 0. The average molecular weight is 193 g/mol. The van der Waals surface area contributed by atoms with Gasteiger partial charge in [0.2, 0.25) is 0 Å². The van der Waals surface area contributed by atoms with Crippen molar-refractivity contribution in [3.63, 3.8) is 0 Å². The summed E-state index contributed by atoms with van der Waals surface area (Å²) in [6.07, 6.45) is 5.55. The molecule has 1 aromatic heterocycles. The Labute approximate surface area is 88.6 Å². The van der Waals surface area contributed by atoms with Crippen LogP contribution in [0, 0.1) is 5.92 Å². The minimum absolute atomic E-state index is 0.814. The van der Waals surface area contributed by atoms with Gasteiger partial charge >= 0.3 is 0 Å². The van der Waals surface area contributed by atoms with Crippen LogP contribution in [0.2, 0.25) is 0 Å². The van der Waals surface area contributed by atoms with Crippen molar-refractivity contribution in [1.29, 1.82) is 0 Å². The molecule has 0 aliphatic rings. The van der Waals surface area contributed by atoms with E-state index in [4.69, 9.17) is 0 Å². The van der Waals surface area contributed by atoms with E-state index in [1.165, 1.54) is 18.5 Å². The van der Waals surface area contributed by atoms with Crippen molar-refractivity contribution in [2.75, 3.05) is 0 Å². The molecular weight excluding hydrogens is 170 g/mol. The third-order valence-electron chi connectivity index (χ3n) is 1.94. The monoisotopic (exact) mass is 193 g/mol. The minimum Gasteiger partial charge on any atom is -0.261 e. The molecule has 1 rings (SSSR count). The van der Waals surface area contributed by atoms with Gasteiger partial charge in [-0.2, -0.15) is 0 Å². The van der Waals surface area contributed by atoms with Crippen molar-refractivity contribution < 1.29 is 0 Å². The lowest BCUT2D eigenvalue weighted by atomic mass is 10.1. The third kappa shape index (κ3) is 6.64. The Kier molecular flexibility index (Phi) is 8.20. The molecule has 0 aromatic carbocycles. The van der Waals surface area contributed by atoms with Crippen LogP contribution in [0.4, 0.5) is 0 Å². The minimum atomic E-state index is 0.814. The summed E-state index contributed by atoms with van der Waals surface area (Å²) in [5, 5.41) is 0. The van der Waals surface area contributed by atoms with Crippen LogP contribution in [0.1, 0.15) is 46.2 Å². The van der Waals surface area contributed by atoms with Crippen LogP contribution in [0.15, 0.2) is 24.4 Å². The Bertz CT molecular complexity index is 204. The fourth-order valence-corrected chi connectivity index (χ4v) is 1.24. The number of aryl methyl sites for hydroxylation is 1. The number of aromatic nitrogens is 1. The second-order valence-electron chi connectivity index (χ2n) is 3.61. The predicted octanol–water partition coefficient (Wildman–Crippen LogP) is 4.09.